The molecule has 2 aliphatic heterocycles. The smallest absolute Gasteiger partial charge is 0.237 e. The van der Waals surface area contributed by atoms with Crippen LogP contribution in [0.1, 0.15) is 44.7 Å². The summed E-state index contributed by atoms with van der Waals surface area (Å²) in [5, 5.41) is 0. The Morgan fingerprint density at radius 1 is 1.32 bits per heavy atom. The molecule has 6 rings (SSSR count). The lowest BCUT2D eigenvalue weighted by Gasteiger charge is -2.41. The fourth-order valence-corrected chi connectivity index (χ4v) is 4.57. The van der Waals surface area contributed by atoms with E-state index in [1.807, 2.05) is 4.40 Å². The zero-order valence-electron chi connectivity index (χ0n) is 12.5. The highest BCUT2D eigenvalue weighted by Gasteiger charge is 2.61. The SMILES string of the molecule is CC12CC(c3cn4cc(I)c(OC5CCC5)nc4n3)(CO1)C2. The van der Waals surface area contributed by atoms with E-state index in [0.29, 0.717) is 6.10 Å². The summed E-state index contributed by atoms with van der Waals surface area (Å²) in [4.78, 5) is 9.41. The van der Waals surface area contributed by atoms with Crippen molar-refractivity contribution in [2.24, 2.45) is 0 Å². The van der Waals surface area contributed by atoms with Gasteiger partial charge in [-0.25, -0.2) is 4.98 Å². The van der Waals surface area contributed by atoms with Gasteiger partial charge in [0.05, 0.1) is 21.5 Å². The normalized spacial score (nSPS) is 33.7. The highest BCUT2D eigenvalue weighted by Crippen LogP contribution is 2.58. The van der Waals surface area contributed by atoms with Gasteiger partial charge in [0.25, 0.3) is 0 Å². The number of fused-ring (bicyclic) bond motifs is 2. The summed E-state index contributed by atoms with van der Waals surface area (Å²) in [5.74, 6) is 1.47. The minimum Gasteiger partial charge on any atom is -0.473 e. The lowest BCUT2D eigenvalue weighted by Crippen LogP contribution is -2.45. The molecule has 0 spiro atoms. The molecule has 0 amide bonds. The van der Waals surface area contributed by atoms with Crippen molar-refractivity contribution >= 4 is 28.4 Å². The zero-order valence-corrected chi connectivity index (χ0v) is 14.7. The molecule has 2 saturated heterocycles. The maximum atomic E-state index is 5.98. The van der Waals surface area contributed by atoms with Gasteiger partial charge < -0.3 is 9.47 Å². The molecule has 2 aromatic rings. The molecule has 22 heavy (non-hydrogen) atoms. The standard InChI is InChI=1S/C16H18IN3O2/c1-15-7-16(8-15,9-21-15)12-6-20-5-11(17)13(19-14(20)18-12)22-10-3-2-4-10/h5-6,10H,2-4,7-9H2,1H3. The first-order valence-corrected chi connectivity index (χ1v) is 9.00. The van der Waals surface area contributed by atoms with Crippen molar-refractivity contribution < 1.29 is 9.47 Å². The van der Waals surface area contributed by atoms with E-state index in [0.717, 1.165) is 53.2 Å². The Labute approximate surface area is 142 Å². The van der Waals surface area contributed by atoms with Crippen molar-refractivity contribution in [1.29, 1.82) is 0 Å². The van der Waals surface area contributed by atoms with Gasteiger partial charge in [-0.2, -0.15) is 4.98 Å². The summed E-state index contributed by atoms with van der Waals surface area (Å²) < 4.78 is 14.9. The first-order valence-electron chi connectivity index (χ1n) is 7.92. The number of aromatic nitrogens is 3. The van der Waals surface area contributed by atoms with E-state index in [-0.39, 0.29) is 11.0 Å². The quantitative estimate of drug-likeness (QED) is 0.729. The number of hydrogen-bond acceptors (Lipinski definition) is 4. The Hall–Kier alpha value is -0.890. The van der Waals surface area contributed by atoms with Crippen LogP contribution in [0.15, 0.2) is 12.4 Å². The lowest BCUT2D eigenvalue weighted by atomic mass is 9.62. The first kappa shape index (κ1) is 13.5. The van der Waals surface area contributed by atoms with Crippen molar-refractivity contribution in [2.45, 2.75) is 56.1 Å². The molecule has 4 fully saturated rings. The van der Waals surface area contributed by atoms with Gasteiger partial charge in [-0.3, -0.25) is 4.40 Å². The molecule has 0 atom stereocenters. The Balaban J connectivity index is 1.51. The third-order valence-corrected chi connectivity index (χ3v) is 6.11. The number of imidazole rings is 1. The maximum Gasteiger partial charge on any atom is 0.237 e. The molecule has 116 valence electrons. The molecule has 2 aromatic heterocycles. The third-order valence-electron chi connectivity index (χ3n) is 5.37. The lowest BCUT2D eigenvalue weighted by molar-refractivity contribution is 0.0154. The van der Waals surface area contributed by atoms with Crippen LogP contribution in [0.3, 0.4) is 0 Å². The predicted octanol–water partition coefficient (Wildman–Crippen LogP) is 3.09. The molecule has 0 radical (unpaired) electrons. The molecule has 4 heterocycles. The predicted molar refractivity (Wildman–Crippen MR) is 89.2 cm³/mol. The highest BCUT2D eigenvalue weighted by molar-refractivity contribution is 14.1. The molecule has 5 nitrogen and oxygen atoms in total. The topological polar surface area (TPSA) is 48.7 Å². The van der Waals surface area contributed by atoms with Crippen molar-refractivity contribution in [3.05, 3.63) is 21.7 Å². The largest absolute Gasteiger partial charge is 0.473 e. The van der Waals surface area contributed by atoms with E-state index in [1.54, 1.807) is 0 Å². The van der Waals surface area contributed by atoms with E-state index in [2.05, 4.69) is 46.9 Å². The monoisotopic (exact) mass is 411 g/mol. The van der Waals surface area contributed by atoms with Crippen LogP contribution in [0.4, 0.5) is 0 Å². The molecular weight excluding hydrogens is 393 g/mol. The molecule has 2 saturated carbocycles. The van der Waals surface area contributed by atoms with Gasteiger partial charge in [0.1, 0.15) is 6.10 Å². The van der Waals surface area contributed by atoms with Crippen molar-refractivity contribution in [3.8, 4) is 5.88 Å². The van der Waals surface area contributed by atoms with Crippen LogP contribution in [0.2, 0.25) is 0 Å². The molecule has 2 bridgehead atoms. The number of ether oxygens (including phenoxy) is 2. The second-order valence-corrected chi connectivity index (χ2v) is 8.43. The van der Waals surface area contributed by atoms with Gasteiger partial charge in [-0.05, 0) is 61.6 Å². The minimum atomic E-state index is 0.0795. The average Bonchev–Trinajstić information content (AvgIpc) is 3.04. The van der Waals surface area contributed by atoms with Crippen molar-refractivity contribution in [1.82, 2.24) is 14.4 Å². The molecule has 0 unspecified atom stereocenters. The van der Waals surface area contributed by atoms with E-state index in [4.69, 9.17) is 14.5 Å². The number of hydrogen-bond donors (Lipinski definition) is 0. The number of nitrogens with zero attached hydrogens (tertiary/aromatic N) is 3. The minimum absolute atomic E-state index is 0.0795. The molecule has 2 aliphatic carbocycles. The van der Waals surface area contributed by atoms with Crippen LogP contribution in [0.5, 0.6) is 5.88 Å². The summed E-state index contributed by atoms with van der Waals surface area (Å²) in [5.41, 5.74) is 1.31. The second-order valence-electron chi connectivity index (χ2n) is 7.27. The van der Waals surface area contributed by atoms with Gasteiger partial charge in [0, 0.05) is 17.8 Å². The third kappa shape index (κ3) is 1.86. The van der Waals surface area contributed by atoms with Crippen LogP contribution in [-0.2, 0) is 10.2 Å². The molecule has 0 N–H and O–H groups in total. The van der Waals surface area contributed by atoms with Gasteiger partial charge in [0.15, 0.2) is 0 Å². The average molecular weight is 411 g/mol. The molecule has 4 aliphatic rings. The molecular formula is C16H18IN3O2. The van der Waals surface area contributed by atoms with Crippen molar-refractivity contribution in [2.75, 3.05) is 6.61 Å². The van der Waals surface area contributed by atoms with Crippen molar-refractivity contribution in [3.63, 3.8) is 0 Å². The van der Waals surface area contributed by atoms with Crippen LogP contribution in [0.25, 0.3) is 5.78 Å². The summed E-state index contributed by atoms with van der Waals surface area (Å²) in [6.07, 6.45) is 10.2. The highest BCUT2D eigenvalue weighted by atomic mass is 127. The second kappa shape index (κ2) is 4.35. The van der Waals surface area contributed by atoms with Crippen LogP contribution in [-0.4, -0.2) is 32.7 Å². The molecule has 6 heteroatoms. The zero-order chi connectivity index (χ0) is 14.9. The van der Waals surface area contributed by atoms with Crippen LogP contribution >= 0.6 is 22.6 Å². The van der Waals surface area contributed by atoms with Gasteiger partial charge in [-0.1, -0.05) is 0 Å². The van der Waals surface area contributed by atoms with Crippen LogP contribution < -0.4 is 4.74 Å². The first-order chi connectivity index (χ1) is 10.6. The maximum absolute atomic E-state index is 5.98. The van der Waals surface area contributed by atoms with E-state index in [9.17, 15) is 0 Å². The number of halogens is 1. The van der Waals surface area contributed by atoms with E-state index in [1.165, 1.54) is 6.42 Å². The van der Waals surface area contributed by atoms with Gasteiger partial charge >= 0.3 is 0 Å². The fourth-order valence-electron chi connectivity index (χ4n) is 4.02. The molecule has 0 aromatic carbocycles. The van der Waals surface area contributed by atoms with Crippen LogP contribution in [0, 0.1) is 3.57 Å². The van der Waals surface area contributed by atoms with E-state index < -0.39 is 0 Å². The Morgan fingerprint density at radius 3 is 2.77 bits per heavy atom. The van der Waals surface area contributed by atoms with E-state index >= 15 is 0 Å². The summed E-state index contributed by atoms with van der Waals surface area (Å²) in [7, 11) is 0. The summed E-state index contributed by atoms with van der Waals surface area (Å²) >= 11 is 2.29. The fraction of sp³-hybridized carbons (Fsp3) is 0.625. The number of rotatable bonds is 3. The summed E-state index contributed by atoms with van der Waals surface area (Å²) in [6, 6.07) is 0. The Kier molecular flexibility index (Phi) is 2.67. The summed E-state index contributed by atoms with van der Waals surface area (Å²) in [6.45, 7) is 2.98. The van der Waals surface area contributed by atoms with Gasteiger partial charge in [0.2, 0.25) is 11.7 Å². The Morgan fingerprint density at radius 2 is 2.14 bits per heavy atom. The van der Waals surface area contributed by atoms with Gasteiger partial charge in [-0.15, -0.1) is 0 Å². The Bertz CT molecular complexity index is 762.